The minimum atomic E-state index is -0.458. The molecule has 0 aliphatic carbocycles. The lowest BCUT2D eigenvalue weighted by Crippen LogP contribution is -2.44. The number of rotatable bonds is 3. The monoisotopic (exact) mass is 416 g/mol. The molecule has 0 spiro atoms. The van der Waals surface area contributed by atoms with Crippen LogP contribution in [0.3, 0.4) is 0 Å². The highest BCUT2D eigenvalue weighted by molar-refractivity contribution is 9.10. The molecule has 0 saturated carbocycles. The van der Waals surface area contributed by atoms with Gasteiger partial charge in [0.25, 0.3) is 0 Å². The molecule has 1 amide bonds. The van der Waals surface area contributed by atoms with Gasteiger partial charge in [-0.05, 0) is 67.2 Å². The summed E-state index contributed by atoms with van der Waals surface area (Å²) in [6.07, 6.45) is 2.96. The molecule has 1 heterocycles. The number of nitrogens with zero attached hydrogens (tertiary/aromatic N) is 1. The molecule has 1 aromatic carbocycles. The van der Waals surface area contributed by atoms with Gasteiger partial charge in [0.1, 0.15) is 5.60 Å². The highest BCUT2D eigenvalue weighted by Crippen LogP contribution is 2.23. The number of hydrogen-bond acceptors (Lipinski definition) is 3. The van der Waals surface area contributed by atoms with Crippen molar-refractivity contribution in [2.75, 3.05) is 13.1 Å². The number of ether oxygens (including phenoxy) is 1. The molecular weight excluding hydrogens is 392 g/mol. The Morgan fingerprint density at radius 1 is 1.42 bits per heavy atom. The van der Waals surface area contributed by atoms with E-state index in [1.807, 2.05) is 43.9 Å². The molecule has 2 rings (SSSR count). The maximum atomic E-state index is 12.3. The Labute approximate surface area is 158 Å². The lowest BCUT2D eigenvalue weighted by Gasteiger charge is -2.28. The van der Waals surface area contributed by atoms with Gasteiger partial charge in [0.05, 0.1) is 5.02 Å². The van der Waals surface area contributed by atoms with Gasteiger partial charge >= 0.3 is 6.09 Å². The van der Waals surface area contributed by atoms with Gasteiger partial charge in [0, 0.05) is 30.1 Å². The molecule has 0 radical (unpaired) electrons. The fraction of sp³-hybridized carbons (Fsp3) is 0.611. The molecule has 1 unspecified atom stereocenters. The Bertz CT molecular complexity index is 575. The van der Waals surface area contributed by atoms with Gasteiger partial charge in [-0.25, -0.2) is 4.79 Å². The van der Waals surface area contributed by atoms with Crippen LogP contribution in [0, 0.1) is 0 Å². The Kier molecular flexibility index (Phi) is 6.96. The van der Waals surface area contributed by atoms with Gasteiger partial charge in [-0.2, -0.15) is 0 Å². The number of carbonyl (C=O) groups excluding carboxylic acids is 1. The number of halogens is 2. The maximum Gasteiger partial charge on any atom is 0.410 e. The summed E-state index contributed by atoms with van der Waals surface area (Å²) in [5.41, 5.74) is 0.678. The van der Waals surface area contributed by atoms with Crippen molar-refractivity contribution in [1.29, 1.82) is 0 Å². The molecule has 4 nitrogen and oxygen atoms in total. The predicted octanol–water partition coefficient (Wildman–Crippen LogP) is 4.98. The van der Waals surface area contributed by atoms with Crippen LogP contribution in [0.25, 0.3) is 0 Å². The van der Waals surface area contributed by atoms with E-state index in [0.717, 1.165) is 42.4 Å². The molecule has 1 aromatic rings. The molecule has 1 aliphatic rings. The van der Waals surface area contributed by atoms with Crippen LogP contribution in [-0.4, -0.2) is 35.7 Å². The average Bonchev–Trinajstić information content (AvgIpc) is 2.72. The van der Waals surface area contributed by atoms with Crippen LogP contribution in [0.5, 0.6) is 0 Å². The highest BCUT2D eigenvalue weighted by atomic mass is 79.9. The van der Waals surface area contributed by atoms with Crippen molar-refractivity contribution in [3.63, 3.8) is 0 Å². The highest BCUT2D eigenvalue weighted by Gasteiger charge is 2.26. The van der Waals surface area contributed by atoms with Crippen molar-refractivity contribution in [1.82, 2.24) is 10.2 Å². The minimum absolute atomic E-state index is 0.220. The Morgan fingerprint density at radius 3 is 2.83 bits per heavy atom. The maximum absolute atomic E-state index is 12.3. The first-order valence-corrected chi connectivity index (χ1v) is 9.57. The molecular formula is C18H26BrClN2O2. The van der Waals surface area contributed by atoms with Gasteiger partial charge in [0.2, 0.25) is 0 Å². The zero-order chi connectivity index (χ0) is 17.7. The van der Waals surface area contributed by atoms with Gasteiger partial charge < -0.3 is 15.0 Å². The topological polar surface area (TPSA) is 41.6 Å². The number of carbonyl (C=O) groups is 1. The van der Waals surface area contributed by atoms with Crippen molar-refractivity contribution in [3.05, 3.63) is 33.3 Å². The first kappa shape index (κ1) is 19.5. The van der Waals surface area contributed by atoms with Crippen LogP contribution in [0.4, 0.5) is 4.79 Å². The smallest absolute Gasteiger partial charge is 0.410 e. The van der Waals surface area contributed by atoms with E-state index in [9.17, 15) is 4.79 Å². The fourth-order valence-electron chi connectivity index (χ4n) is 2.71. The molecule has 134 valence electrons. The number of hydrogen-bond donors (Lipinski definition) is 1. The molecule has 24 heavy (non-hydrogen) atoms. The zero-order valence-electron chi connectivity index (χ0n) is 14.6. The molecule has 0 bridgehead atoms. The summed E-state index contributed by atoms with van der Waals surface area (Å²) in [6.45, 7) is 7.87. The van der Waals surface area contributed by atoms with Gasteiger partial charge in [-0.1, -0.05) is 24.1 Å². The van der Waals surface area contributed by atoms with E-state index in [1.54, 1.807) is 0 Å². The number of benzene rings is 1. The summed E-state index contributed by atoms with van der Waals surface area (Å²) in [7, 11) is 0. The van der Waals surface area contributed by atoms with Crippen molar-refractivity contribution in [2.45, 2.75) is 58.2 Å². The molecule has 1 atom stereocenters. The van der Waals surface area contributed by atoms with Crippen LogP contribution in [0.1, 0.15) is 45.6 Å². The second-order valence-corrected chi connectivity index (χ2v) is 8.51. The van der Waals surface area contributed by atoms with E-state index in [4.69, 9.17) is 16.3 Å². The van der Waals surface area contributed by atoms with Crippen LogP contribution in [-0.2, 0) is 11.3 Å². The van der Waals surface area contributed by atoms with Gasteiger partial charge in [0.15, 0.2) is 0 Å². The summed E-state index contributed by atoms with van der Waals surface area (Å²) in [5.74, 6) is 0. The van der Waals surface area contributed by atoms with Gasteiger partial charge in [-0.3, -0.25) is 0 Å². The summed E-state index contributed by atoms with van der Waals surface area (Å²) < 4.78 is 6.41. The van der Waals surface area contributed by atoms with Gasteiger partial charge in [-0.15, -0.1) is 0 Å². The third kappa shape index (κ3) is 6.26. The Hall–Kier alpha value is -0.780. The van der Waals surface area contributed by atoms with Crippen molar-refractivity contribution < 1.29 is 9.53 Å². The lowest BCUT2D eigenvalue weighted by atomic mass is 10.1. The minimum Gasteiger partial charge on any atom is -0.444 e. The molecule has 1 saturated heterocycles. The third-order valence-electron chi connectivity index (χ3n) is 3.90. The molecule has 0 aromatic heterocycles. The van der Waals surface area contributed by atoms with Crippen molar-refractivity contribution >= 4 is 33.6 Å². The van der Waals surface area contributed by atoms with Crippen LogP contribution in [0.2, 0.25) is 5.02 Å². The van der Waals surface area contributed by atoms with Crippen molar-refractivity contribution in [2.24, 2.45) is 0 Å². The SMILES string of the molecule is CC(C)(C)OC(=O)N1CCCCC(NCc2ccc(Br)c(Cl)c2)C1. The zero-order valence-corrected chi connectivity index (χ0v) is 16.9. The lowest BCUT2D eigenvalue weighted by molar-refractivity contribution is 0.0243. The quantitative estimate of drug-likeness (QED) is 0.754. The van der Waals surface area contributed by atoms with E-state index < -0.39 is 5.60 Å². The average molecular weight is 418 g/mol. The summed E-state index contributed by atoms with van der Waals surface area (Å²) >= 11 is 9.55. The van der Waals surface area contributed by atoms with E-state index in [1.165, 1.54) is 0 Å². The predicted molar refractivity (Wildman–Crippen MR) is 101 cm³/mol. The first-order valence-electron chi connectivity index (χ1n) is 8.40. The first-order chi connectivity index (χ1) is 11.2. The van der Waals surface area contributed by atoms with E-state index in [2.05, 4.69) is 21.2 Å². The second-order valence-electron chi connectivity index (χ2n) is 7.25. The summed E-state index contributed by atoms with van der Waals surface area (Å²) in [4.78, 5) is 14.1. The molecule has 1 fully saturated rings. The van der Waals surface area contributed by atoms with E-state index >= 15 is 0 Å². The number of nitrogens with one attached hydrogen (secondary N) is 1. The number of likely N-dealkylation sites (tertiary alicyclic amines) is 1. The Morgan fingerprint density at radius 2 is 2.17 bits per heavy atom. The van der Waals surface area contributed by atoms with E-state index in [0.29, 0.717) is 11.6 Å². The third-order valence-corrected chi connectivity index (χ3v) is 5.13. The van der Waals surface area contributed by atoms with Crippen LogP contribution in [0.15, 0.2) is 22.7 Å². The van der Waals surface area contributed by atoms with Crippen LogP contribution < -0.4 is 5.32 Å². The fourth-order valence-corrected chi connectivity index (χ4v) is 3.16. The van der Waals surface area contributed by atoms with E-state index in [-0.39, 0.29) is 12.1 Å². The number of amides is 1. The molecule has 1 N–H and O–H groups in total. The summed E-state index contributed by atoms with van der Waals surface area (Å²) in [5, 5.41) is 4.26. The van der Waals surface area contributed by atoms with Crippen LogP contribution >= 0.6 is 27.5 Å². The van der Waals surface area contributed by atoms with Crippen molar-refractivity contribution in [3.8, 4) is 0 Å². The molecule has 6 heteroatoms. The Balaban J connectivity index is 1.92. The summed E-state index contributed by atoms with van der Waals surface area (Å²) in [6, 6.07) is 6.23. The molecule has 1 aliphatic heterocycles. The normalized spacial score (nSPS) is 19.0. The second kappa shape index (κ2) is 8.54. The standard InChI is InChI=1S/C18H26BrClN2O2/c1-18(2,3)24-17(23)22-9-5-4-6-14(12-22)21-11-13-7-8-15(19)16(20)10-13/h7-8,10,14,21H,4-6,9,11-12H2,1-3H3. The largest absolute Gasteiger partial charge is 0.444 e.